The Hall–Kier alpha value is -0.990. The molecule has 0 heterocycles. The molecule has 112 valence electrons. The molecule has 0 radical (unpaired) electrons. The van der Waals surface area contributed by atoms with E-state index in [2.05, 4.69) is 25.7 Å². The molecule has 19 heavy (non-hydrogen) atoms. The van der Waals surface area contributed by atoms with Crippen LogP contribution in [-0.4, -0.2) is 18.3 Å². The summed E-state index contributed by atoms with van der Waals surface area (Å²) in [6, 6.07) is 0. The van der Waals surface area contributed by atoms with Crippen LogP contribution < -0.4 is 5.73 Å². The summed E-state index contributed by atoms with van der Waals surface area (Å²) < 4.78 is 0. The minimum atomic E-state index is 0.941. The average molecular weight is 267 g/mol. The van der Waals surface area contributed by atoms with Crippen molar-refractivity contribution in [3.8, 4) is 0 Å². The Bertz CT molecular complexity index is 236. The van der Waals surface area contributed by atoms with Crippen molar-refractivity contribution in [3.63, 3.8) is 0 Å². The van der Waals surface area contributed by atoms with Gasteiger partial charge in [-0.25, -0.2) is 0 Å². The predicted octanol–water partition coefficient (Wildman–Crippen LogP) is 4.64. The van der Waals surface area contributed by atoms with Crippen LogP contribution in [0.25, 0.3) is 0 Å². The van der Waals surface area contributed by atoms with Crippen LogP contribution >= 0.6 is 0 Å². The van der Waals surface area contributed by atoms with Crippen molar-refractivity contribution < 1.29 is 0 Å². The molecule has 0 rings (SSSR count). The molecule has 0 unspecified atom stereocenters. The molecule has 2 N–H and O–H groups in total. The van der Waals surface area contributed by atoms with E-state index >= 15 is 0 Å². The standard InChI is InChI=1S/C16H33N3/c1-4-6-8-9-10-11-13-16(15-17)19(18-3)14-12-7-5-2/h15H,3-14,17H2,1-2H3/b16-15-. The zero-order valence-electron chi connectivity index (χ0n) is 13.0. The van der Waals surface area contributed by atoms with Gasteiger partial charge in [-0.15, -0.1) is 0 Å². The maximum Gasteiger partial charge on any atom is 0.0522 e. The highest BCUT2D eigenvalue weighted by Gasteiger charge is 2.06. The number of nitrogens with zero attached hydrogens (tertiary/aromatic N) is 2. The molecule has 0 aromatic carbocycles. The van der Waals surface area contributed by atoms with Crippen LogP contribution in [0.4, 0.5) is 0 Å². The van der Waals surface area contributed by atoms with Gasteiger partial charge in [0.05, 0.1) is 5.70 Å². The Morgan fingerprint density at radius 2 is 1.58 bits per heavy atom. The second kappa shape index (κ2) is 13.4. The van der Waals surface area contributed by atoms with Gasteiger partial charge in [-0.2, -0.15) is 5.10 Å². The average Bonchev–Trinajstić information content (AvgIpc) is 2.44. The molecule has 0 atom stereocenters. The van der Waals surface area contributed by atoms with Crippen molar-refractivity contribution in [1.29, 1.82) is 0 Å². The topological polar surface area (TPSA) is 41.6 Å². The number of hydrogen-bond donors (Lipinski definition) is 1. The third kappa shape index (κ3) is 9.57. The molecule has 3 nitrogen and oxygen atoms in total. The fourth-order valence-electron chi connectivity index (χ4n) is 2.20. The molecule has 0 fully saturated rings. The maximum absolute atomic E-state index is 5.72. The molecule has 0 aliphatic carbocycles. The summed E-state index contributed by atoms with van der Waals surface area (Å²) in [5, 5.41) is 6.07. The van der Waals surface area contributed by atoms with Gasteiger partial charge < -0.3 is 5.73 Å². The highest BCUT2D eigenvalue weighted by molar-refractivity contribution is 5.23. The van der Waals surface area contributed by atoms with Gasteiger partial charge in [0.1, 0.15) is 0 Å². The van der Waals surface area contributed by atoms with E-state index in [1.807, 2.05) is 5.01 Å². The lowest BCUT2D eigenvalue weighted by atomic mass is 10.1. The zero-order chi connectivity index (χ0) is 14.3. The van der Waals surface area contributed by atoms with Crippen LogP contribution in [0.1, 0.15) is 78.1 Å². The lowest BCUT2D eigenvalue weighted by Gasteiger charge is -2.21. The lowest BCUT2D eigenvalue weighted by molar-refractivity contribution is 0.338. The maximum atomic E-state index is 5.72. The number of hydrazone groups is 1. The first kappa shape index (κ1) is 18.0. The second-order valence-electron chi connectivity index (χ2n) is 5.15. The number of rotatable bonds is 13. The van der Waals surface area contributed by atoms with Gasteiger partial charge >= 0.3 is 0 Å². The molecule has 0 saturated carbocycles. The molecular weight excluding hydrogens is 234 g/mol. The van der Waals surface area contributed by atoms with Gasteiger partial charge in [-0.3, -0.25) is 5.01 Å². The van der Waals surface area contributed by atoms with Crippen molar-refractivity contribution in [3.05, 3.63) is 11.9 Å². The highest BCUT2D eigenvalue weighted by Crippen LogP contribution is 2.16. The molecule has 3 heteroatoms. The summed E-state index contributed by atoms with van der Waals surface area (Å²) in [7, 11) is 0. The number of hydrogen-bond acceptors (Lipinski definition) is 3. The first-order valence-corrected chi connectivity index (χ1v) is 7.95. The number of allylic oxidation sites excluding steroid dienone is 1. The fourth-order valence-corrected chi connectivity index (χ4v) is 2.20. The predicted molar refractivity (Wildman–Crippen MR) is 86.0 cm³/mol. The van der Waals surface area contributed by atoms with Crippen LogP contribution in [0.15, 0.2) is 17.0 Å². The summed E-state index contributed by atoms with van der Waals surface area (Å²) in [6.45, 7) is 9.06. The fraction of sp³-hybridized carbons (Fsp3) is 0.812. The molecule has 0 aromatic rings. The van der Waals surface area contributed by atoms with E-state index in [-0.39, 0.29) is 0 Å². The molecule has 0 bridgehead atoms. The number of nitrogens with two attached hydrogens (primary N) is 1. The van der Waals surface area contributed by atoms with Crippen molar-refractivity contribution >= 4 is 6.72 Å². The van der Waals surface area contributed by atoms with Gasteiger partial charge in [-0.05, 0) is 19.3 Å². The van der Waals surface area contributed by atoms with Crippen LogP contribution in [0.2, 0.25) is 0 Å². The van der Waals surface area contributed by atoms with Gasteiger partial charge in [-0.1, -0.05) is 58.8 Å². The van der Waals surface area contributed by atoms with Gasteiger partial charge in [0, 0.05) is 19.5 Å². The molecular formula is C16H33N3. The lowest BCUT2D eigenvalue weighted by Crippen LogP contribution is -2.19. The van der Waals surface area contributed by atoms with Crippen LogP contribution in [0, 0.1) is 0 Å². The quantitative estimate of drug-likeness (QED) is 0.300. The third-order valence-corrected chi connectivity index (χ3v) is 3.45. The number of unbranched alkanes of at least 4 members (excludes halogenated alkanes) is 7. The van der Waals surface area contributed by atoms with E-state index in [1.54, 1.807) is 6.20 Å². The first-order valence-electron chi connectivity index (χ1n) is 7.95. The van der Waals surface area contributed by atoms with E-state index in [4.69, 9.17) is 5.73 Å². The van der Waals surface area contributed by atoms with E-state index in [0.717, 1.165) is 25.1 Å². The molecule has 0 aromatic heterocycles. The van der Waals surface area contributed by atoms with Crippen molar-refractivity contribution in [2.24, 2.45) is 10.8 Å². The van der Waals surface area contributed by atoms with Gasteiger partial charge in [0.2, 0.25) is 0 Å². The van der Waals surface area contributed by atoms with Crippen LogP contribution in [-0.2, 0) is 0 Å². The first-order chi connectivity index (χ1) is 9.29. The second-order valence-corrected chi connectivity index (χ2v) is 5.15. The minimum Gasteiger partial charge on any atom is -0.403 e. The highest BCUT2D eigenvalue weighted by atomic mass is 15.4. The van der Waals surface area contributed by atoms with E-state index in [9.17, 15) is 0 Å². The monoisotopic (exact) mass is 267 g/mol. The largest absolute Gasteiger partial charge is 0.403 e. The van der Waals surface area contributed by atoms with Gasteiger partial charge in [0.25, 0.3) is 0 Å². The SMILES string of the molecule is C=NN(CCCCC)/C(=C\N)CCCCCCCC. The summed E-state index contributed by atoms with van der Waals surface area (Å²) in [4.78, 5) is 0. The van der Waals surface area contributed by atoms with Crippen LogP contribution in [0.3, 0.4) is 0 Å². The van der Waals surface area contributed by atoms with Crippen molar-refractivity contribution in [1.82, 2.24) is 5.01 Å². The summed E-state index contributed by atoms with van der Waals surface area (Å²) >= 11 is 0. The summed E-state index contributed by atoms with van der Waals surface area (Å²) in [5.41, 5.74) is 6.85. The zero-order valence-corrected chi connectivity index (χ0v) is 13.0. The Balaban J connectivity index is 3.86. The smallest absolute Gasteiger partial charge is 0.0522 e. The Kier molecular flexibility index (Phi) is 12.7. The molecule has 0 spiro atoms. The van der Waals surface area contributed by atoms with Crippen molar-refractivity contribution in [2.45, 2.75) is 78.1 Å². The normalized spacial score (nSPS) is 11.6. The van der Waals surface area contributed by atoms with Crippen LogP contribution in [0.5, 0.6) is 0 Å². The van der Waals surface area contributed by atoms with E-state index in [1.165, 1.54) is 51.4 Å². The van der Waals surface area contributed by atoms with E-state index in [0.29, 0.717) is 0 Å². The van der Waals surface area contributed by atoms with Crippen molar-refractivity contribution in [2.75, 3.05) is 6.54 Å². The summed E-state index contributed by atoms with van der Waals surface area (Å²) in [5.74, 6) is 0. The Morgan fingerprint density at radius 3 is 2.16 bits per heavy atom. The Morgan fingerprint density at radius 1 is 1.00 bits per heavy atom. The molecule has 0 saturated heterocycles. The molecule has 0 amide bonds. The van der Waals surface area contributed by atoms with E-state index < -0.39 is 0 Å². The van der Waals surface area contributed by atoms with Gasteiger partial charge in [0.15, 0.2) is 0 Å². The summed E-state index contributed by atoms with van der Waals surface area (Å²) in [6.07, 6.45) is 14.2. The Labute approximate surface area is 119 Å². The molecule has 0 aliphatic rings. The third-order valence-electron chi connectivity index (χ3n) is 3.45. The minimum absolute atomic E-state index is 0.941. The molecule has 0 aliphatic heterocycles.